The molecule has 0 saturated heterocycles. The molecular formula is C13H10N2OS. The van der Waals surface area contributed by atoms with Crippen molar-refractivity contribution >= 4 is 22.2 Å². The zero-order chi connectivity index (χ0) is 11.8. The molecule has 3 nitrogen and oxygen atoms in total. The normalized spacial score (nSPS) is 10.9. The van der Waals surface area contributed by atoms with Crippen LogP contribution in [0.4, 0.5) is 0 Å². The van der Waals surface area contributed by atoms with Crippen molar-refractivity contribution in [3.63, 3.8) is 0 Å². The van der Waals surface area contributed by atoms with Crippen molar-refractivity contribution in [3.8, 4) is 11.1 Å². The van der Waals surface area contributed by atoms with Crippen molar-refractivity contribution in [1.29, 1.82) is 0 Å². The average molecular weight is 242 g/mol. The van der Waals surface area contributed by atoms with Crippen molar-refractivity contribution in [3.05, 3.63) is 51.2 Å². The number of hydrogen-bond donors (Lipinski definition) is 1. The first-order valence-electron chi connectivity index (χ1n) is 5.27. The molecule has 2 heterocycles. The van der Waals surface area contributed by atoms with Crippen LogP contribution in [0.5, 0.6) is 0 Å². The molecule has 3 aromatic rings. The average Bonchev–Trinajstić information content (AvgIpc) is 2.82. The van der Waals surface area contributed by atoms with Gasteiger partial charge in [0.2, 0.25) is 0 Å². The molecule has 1 N–H and O–H groups in total. The highest BCUT2D eigenvalue weighted by molar-refractivity contribution is 7.08. The van der Waals surface area contributed by atoms with Crippen LogP contribution < -0.4 is 5.56 Å². The Kier molecular flexibility index (Phi) is 2.30. The van der Waals surface area contributed by atoms with Gasteiger partial charge in [0, 0.05) is 0 Å². The molecule has 0 spiro atoms. The molecule has 0 bridgehead atoms. The molecule has 0 aliphatic heterocycles. The molecule has 84 valence electrons. The minimum Gasteiger partial charge on any atom is -0.310 e. The fourth-order valence-corrected chi connectivity index (χ4v) is 2.53. The Morgan fingerprint density at radius 2 is 2.12 bits per heavy atom. The number of aromatic nitrogens is 2. The summed E-state index contributed by atoms with van der Waals surface area (Å²) in [6.07, 6.45) is 0. The first-order valence-corrected chi connectivity index (χ1v) is 6.21. The summed E-state index contributed by atoms with van der Waals surface area (Å²) in [5.41, 5.74) is 2.85. The molecule has 4 heteroatoms. The maximum atomic E-state index is 11.8. The Morgan fingerprint density at radius 3 is 2.88 bits per heavy atom. The number of nitrogens with one attached hydrogen (secondary N) is 1. The van der Waals surface area contributed by atoms with Crippen LogP contribution >= 0.6 is 11.3 Å². The summed E-state index contributed by atoms with van der Waals surface area (Å²) in [5.74, 6) is 0.644. The van der Waals surface area contributed by atoms with Crippen molar-refractivity contribution in [2.45, 2.75) is 6.92 Å². The van der Waals surface area contributed by atoms with E-state index in [-0.39, 0.29) is 5.56 Å². The molecule has 0 amide bonds. The number of H-pyrrole nitrogens is 1. The molecule has 0 fully saturated rings. The van der Waals surface area contributed by atoms with E-state index in [0.29, 0.717) is 11.2 Å². The number of nitrogens with zero attached hydrogens (tertiary/aromatic N) is 1. The second-order valence-corrected chi connectivity index (χ2v) is 4.68. The Hall–Kier alpha value is -1.94. The zero-order valence-corrected chi connectivity index (χ0v) is 10.0. The van der Waals surface area contributed by atoms with Crippen molar-refractivity contribution in [2.24, 2.45) is 0 Å². The van der Waals surface area contributed by atoms with E-state index in [1.165, 1.54) is 0 Å². The van der Waals surface area contributed by atoms with Crippen LogP contribution in [0.1, 0.15) is 5.82 Å². The quantitative estimate of drug-likeness (QED) is 0.713. The molecule has 0 aliphatic carbocycles. The summed E-state index contributed by atoms with van der Waals surface area (Å²) in [5, 5.41) is 4.73. The number of aromatic amines is 1. The van der Waals surface area contributed by atoms with E-state index >= 15 is 0 Å². The molecule has 0 unspecified atom stereocenters. The van der Waals surface area contributed by atoms with Crippen LogP contribution in [-0.2, 0) is 0 Å². The van der Waals surface area contributed by atoms with Gasteiger partial charge in [-0.25, -0.2) is 4.98 Å². The summed E-state index contributed by atoms with van der Waals surface area (Å²) in [6.45, 7) is 1.79. The first-order chi connectivity index (χ1) is 8.24. The maximum Gasteiger partial charge on any atom is 0.258 e. The Labute approximate surface area is 102 Å². The van der Waals surface area contributed by atoms with Crippen LogP contribution in [0.3, 0.4) is 0 Å². The van der Waals surface area contributed by atoms with Gasteiger partial charge in [-0.3, -0.25) is 4.79 Å². The smallest absolute Gasteiger partial charge is 0.258 e. The van der Waals surface area contributed by atoms with Gasteiger partial charge in [0.05, 0.1) is 10.9 Å². The van der Waals surface area contributed by atoms with E-state index in [1.807, 2.05) is 29.6 Å². The van der Waals surface area contributed by atoms with Gasteiger partial charge in [-0.05, 0) is 47.0 Å². The standard InChI is InChI=1S/C13H10N2OS/c1-8-14-12-3-2-9(10-4-5-17-7-10)6-11(12)13(16)15-8/h2-7H,1H3,(H,14,15,16). The van der Waals surface area contributed by atoms with Gasteiger partial charge in [-0.1, -0.05) is 6.07 Å². The lowest BCUT2D eigenvalue weighted by molar-refractivity contribution is 1.06. The van der Waals surface area contributed by atoms with Gasteiger partial charge >= 0.3 is 0 Å². The van der Waals surface area contributed by atoms with Gasteiger partial charge in [0.15, 0.2) is 0 Å². The number of hydrogen-bond acceptors (Lipinski definition) is 3. The Balaban J connectivity index is 2.30. The summed E-state index contributed by atoms with van der Waals surface area (Å²) >= 11 is 1.64. The zero-order valence-electron chi connectivity index (χ0n) is 9.23. The van der Waals surface area contributed by atoms with Crippen molar-refractivity contribution < 1.29 is 0 Å². The van der Waals surface area contributed by atoms with E-state index in [2.05, 4.69) is 15.3 Å². The fraction of sp³-hybridized carbons (Fsp3) is 0.0769. The number of thiophene rings is 1. The molecule has 0 saturated carbocycles. The van der Waals surface area contributed by atoms with E-state index in [4.69, 9.17) is 0 Å². The lowest BCUT2D eigenvalue weighted by Gasteiger charge is -2.01. The van der Waals surface area contributed by atoms with E-state index in [1.54, 1.807) is 18.3 Å². The predicted molar refractivity (Wildman–Crippen MR) is 70.4 cm³/mol. The summed E-state index contributed by atoms with van der Waals surface area (Å²) in [7, 11) is 0. The molecular weight excluding hydrogens is 232 g/mol. The highest BCUT2D eigenvalue weighted by Crippen LogP contribution is 2.24. The fourth-order valence-electron chi connectivity index (χ4n) is 1.86. The van der Waals surface area contributed by atoms with Gasteiger partial charge in [0.1, 0.15) is 5.82 Å². The molecule has 17 heavy (non-hydrogen) atoms. The number of benzene rings is 1. The van der Waals surface area contributed by atoms with Crippen LogP contribution in [0, 0.1) is 6.92 Å². The van der Waals surface area contributed by atoms with Crippen molar-refractivity contribution in [2.75, 3.05) is 0 Å². The van der Waals surface area contributed by atoms with Gasteiger partial charge in [-0.15, -0.1) is 0 Å². The predicted octanol–water partition coefficient (Wildman–Crippen LogP) is 2.96. The minimum atomic E-state index is -0.0791. The summed E-state index contributed by atoms with van der Waals surface area (Å²) < 4.78 is 0. The van der Waals surface area contributed by atoms with Gasteiger partial charge < -0.3 is 4.98 Å². The Bertz CT molecular complexity index is 729. The summed E-state index contributed by atoms with van der Waals surface area (Å²) in [6, 6.07) is 7.82. The topological polar surface area (TPSA) is 45.8 Å². The van der Waals surface area contributed by atoms with Gasteiger partial charge in [0.25, 0.3) is 5.56 Å². The second kappa shape index (κ2) is 3.82. The number of rotatable bonds is 1. The largest absolute Gasteiger partial charge is 0.310 e. The van der Waals surface area contributed by atoms with Crippen molar-refractivity contribution in [1.82, 2.24) is 9.97 Å². The molecule has 1 aromatic carbocycles. The third-order valence-corrected chi connectivity index (χ3v) is 3.36. The molecule has 3 rings (SSSR count). The third kappa shape index (κ3) is 1.76. The Morgan fingerprint density at radius 1 is 1.24 bits per heavy atom. The second-order valence-electron chi connectivity index (χ2n) is 3.90. The van der Waals surface area contributed by atoms with Gasteiger partial charge in [-0.2, -0.15) is 11.3 Å². The maximum absolute atomic E-state index is 11.8. The van der Waals surface area contributed by atoms with Crippen LogP contribution in [0.2, 0.25) is 0 Å². The molecule has 0 atom stereocenters. The highest BCUT2D eigenvalue weighted by Gasteiger charge is 2.04. The van der Waals surface area contributed by atoms with Crippen LogP contribution in [-0.4, -0.2) is 9.97 Å². The lowest BCUT2D eigenvalue weighted by Crippen LogP contribution is -2.09. The highest BCUT2D eigenvalue weighted by atomic mass is 32.1. The minimum absolute atomic E-state index is 0.0791. The first kappa shape index (κ1) is 10.2. The number of aryl methyl sites for hydroxylation is 1. The lowest BCUT2D eigenvalue weighted by atomic mass is 10.1. The number of fused-ring (bicyclic) bond motifs is 1. The van der Waals surface area contributed by atoms with E-state index in [9.17, 15) is 4.79 Å². The summed E-state index contributed by atoms with van der Waals surface area (Å²) in [4.78, 5) is 18.9. The van der Waals surface area contributed by atoms with Crippen LogP contribution in [0.25, 0.3) is 22.0 Å². The molecule has 0 radical (unpaired) electrons. The van der Waals surface area contributed by atoms with E-state index < -0.39 is 0 Å². The van der Waals surface area contributed by atoms with E-state index in [0.717, 1.165) is 16.6 Å². The van der Waals surface area contributed by atoms with Crippen LogP contribution in [0.15, 0.2) is 39.8 Å². The monoisotopic (exact) mass is 242 g/mol. The third-order valence-electron chi connectivity index (χ3n) is 2.68. The molecule has 2 aromatic heterocycles. The molecule has 0 aliphatic rings. The SMILES string of the molecule is Cc1nc2ccc(-c3ccsc3)cc2c(=O)[nH]1.